The Kier molecular flexibility index (Phi) is 6.63. The van der Waals surface area contributed by atoms with Crippen molar-refractivity contribution in [2.75, 3.05) is 19.6 Å². The summed E-state index contributed by atoms with van der Waals surface area (Å²) < 4.78 is 27.4. The van der Waals surface area contributed by atoms with Gasteiger partial charge in [0, 0.05) is 29.4 Å². The fourth-order valence-corrected chi connectivity index (χ4v) is 5.50. The molecule has 2 heterocycles. The van der Waals surface area contributed by atoms with E-state index in [-0.39, 0.29) is 17.1 Å². The molecule has 1 N–H and O–H groups in total. The molecular formula is C17H15Cl2N5O8S. The Balaban J connectivity index is 1.84. The summed E-state index contributed by atoms with van der Waals surface area (Å²) in [5.74, 6) is -1.70. The molecule has 0 unspecified atom stereocenters. The fraction of sp³-hybridized carbons (Fsp3) is 0.294. The summed E-state index contributed by atoms with van der Waals surface area (Å²) in [4.78, 5) is 61.0. The van der Waals surface area contributed by atoms with Crippen LogP contribution in [0.3, 0.4) is 0 Å². The smallest absolute Gasteiger partial charge is 0.328 e. The Morgan fingerprint density at radius 1 is 1.21 bits per heavy atom. The molecule has 1 fully saturated rings. The van der Waals surface area contributed by atoms with E-state index in [9.17, 15) is 37.7 Å². The number of aryl methyl sites for hydroxylation is 1. The summed E-state index contributed by atoms with van der Waals surface area (Å²) in [7, 11) is -4.74. The molecule has 1 aliphatic heterocycles. The second-order valence-corrected chi connectivity index (χ2v) is 9.62. The Morgan fingerprint density at radius 2 is 1.88 bits per heavy atom. The van der Waals surface area contributed by atoms with Crippen LogP contribution < -0.4 is 11.2 Å². The molecule has 33 heavy (non-hydrogen) atoms. The number of hydrogen-bond donors (Lipinski definition) is 1. The fourth-order valence-electron chi connectivity index (χ4n) is 3.15. The first-order valence-corrected chi connectivity index (χ1v) is 11.3. The number of H-pyrrole nitrogens is 1. The number of hydrogen-bond acceptors (Lipinski definition) is 8. The molecule has 0 atom stereocenters. The van der Waals surface area contributed by atoms with E-state index >= 15 is 0 Å². The van der Waals surface area contributed by atoms with Gasteiger partial charge < -0.3 is 4.90 Å². The number of nitrogens with zero attached hydrogens (tertiary/aromatic N) is 4. The number of nitrogens with one attached hydrogen (secondary N) is 1. The van der Waals surface area contributed by atoms with Crippen molar-refractivity contribution in [1.29, 1.82) is 0 Å². The van der Waals surface area contributed by atoms with Gasteiger partial charge in [0.15, 0.2) is 4.90 Å². The largest absolute Gasteiger partial charge is 0.330 e. The van der Waals surface area contributed by atoms with E-state index in [1.165, 1.54) is 13.1 Å². The van der Waals surface area contributed by atoms with Crippen LogP contribution in [0.1, 0.15) is 5.56 Å². The number of aromatic nitrogens is 2. The van der Waals surface area contributed by atoms with Crippen LogP contribution in [0.2, 0.25) is 10.0 Å². The first-order valence-electron chi connectivity index (χ1n) is 9.10. The molecule has 0 aliphatic carbocycles. The molecule has 1 aliphatic rings. The van der Waals surface area contributed by atoms with Crippen LogP contribution in [0.25, 0.3) is 0 Å². The third kappa shape index (κ3) is 4.77. The lowest BCUT2D eigenvalue weighted by Gasteiger charge is -2.33. The van der Waals surface area contributed by atoms with Crippen LogP contribution in [-0.2, 0) is 26.2 Å². The van der Waals surface area contributed by atoms with E-state index in [0.717, 1.165) is 21.6 Å². The van der Waals surface area contributed by atoms with Crippen molar-refractivity contribution >= 4 is 50.7 Å². The van der Waals surface area contributed by atoms with Crippen LogP contribution in [0.15, 0.2) is 32.8 Å². The van der Waals surface area contributed by atoms with Gasteiger partial charge in [0.25, 0.3) is 27.2 Å². The van der Waals surface area contributed by atoms with Crippen molar-refractivity contribution in [3.63, 3.8) is 0 Å². The van der Waals surface area contributed by atoms with Crippen molar-refractivity contribution in [2.24, 2.45) is 0 Å². The van der Waals surface area contributed by atoms with Gasteiger partial charge in [0.05, 0.1) is 16.5 Å². The summed E-state index contributed by atoms with van der Waals surface area (Å²) in [6.07, 6.45) is 1.18. The second-order valence-electron chi connectivity index (χ2n) is 6.98. The number of sulfonamides is 1. The summed E-state index contributed by atoms with van der Waals surface area (Å²) in [6.45, 7) is -0.449. The average Bonchev–Trinajstić information content (AvgIpc) is 2.70. The van der Waals surface area contributed by atoms with Gasteiger partial charge in [-0.05, 0) is 13.0 Å². The molecule has 176 valence electrons. The lowest BCUT2D eigenvalue weighted by atomic mass is 10.3. The van der Waals surface area contributed by atoms with E-state index in [1.807, 2.05) is 4.98 Å². The maximum absolute atomic E-state index is 13.0. The van der Waals surface area contributed by atoms with Gasteiger partial charge in [0.1, 0.15) is 13.1 Å². The van der Waals surface area contributed by atoms with E-state index in [0.29, 0.717) is 4.31 Å². The van der Waals surface area contributed by atoms with E-state index in [2.05, 4.69) is 0 Å². The Labute approximate surface area is 195 Å². The number of nitro groups is 1. The number of amides is 2. The maximum atomic E-state index is 13.0. The third-order valence-corrected chi connectivity index (χ3v) is 7.30. The minimum Gasteiger partial charge on any atom is -0.330 e. The van der Waals surface area contributed by atoms with Gasteiger partial charge in [-0.25, -0.2) is 17.5 Å². The number of nitro benzene ring substituents is 1. The zero-order valence-corrected chi connectivity index (χ0v) is 19.1. The van der Waals surface area contributed by atoms with Crippen molar-refractivity contribution in [2.45, 2.75) is 18.4 Å². The van der Waals surface area contributed by atoms with E-state index in [4.69, 9.17) is 23.2 Å². The summed E-state index contributed by atoms with van der Waals surface area (Å²) in [6, 6.07) is 1.80. The molecule has 16 heteroatoms. The van der Waals surface area contributed by atoms with Crippen molar-refractivity contribution in [1.82, 2.24) is 18.8 Å². The number of aromatic amines is 1. The Bertz CT molecular complexity index is 1400. The summed E-state index contributed by atoms with van der Waals surface area (Å²) >= 11 is 11.6. The molecular weight excluding hydrogens is 505 g/mol. The van der Waals surface area contributed by atoms with Crippen LogP contribution in [-0.4, -0.2) is 63.5 Å². The van der Waals surface area contributed by atoms with Gasteiger partial charge in [-0.3, -0.25) is 34.0 Å². The van der Waals surface area contributed by atoms with Gasteiger partial charge >= 0.3 is 5.69 Å². The number of benzene rings is 1. The van der Waals surface area contributed by atoms with Crippen LogP contribution in [0.4, 0.5) is 5.69 Å². The van der Waals surface area contributed by atoms with Gasteiger partial charge in [-0.15, -0.1) is 0 Å². The third-order valence-electron chi connectivity index (χ3n) is 4.76. The highest BCUT2D eigenvalue weighted by atomic mass is 35.5. The van der Waals surface area contributed by atoms with Crippen LogP contribution in [0, 0.1) is 17.0 Å². The average molecular weight is 520 g/mol. The molecule has 3 rings (SSSR count). The highest BCUT2D eigenvalue weighted by Gasteiger charge is 2.40. The lowest BCUT2D eigenvalue weighted by Crippen LogP contribution is -2.55. The molecule has 0 spiro atoms. The van der Waals surface area contributed by atoms with Crippen LogP contribution in [0.5, 0.6) is 0 Å². The molecule has 2 amide bonds. The van der Waals surface area contributed by atoms with Crippen LogP contribution >= 0.6 is 23.2 Å². The zero-order valence-electron chi connectivity index (χ0n) is 16.8. The minimum absolute atomic E-state index is 0.167. The van der Waals surface area contributed by atoms with Gasteiger partial charge in [0.2, 0.25) is 5.91 Å². The number of halogens is 2. The number of carbonyl (C=O) groups excluding carboxylic acids is 2. The normalized spacial score (nSPS) is 14.5. The number of piperazine rings is 1. The molecule has 0 saturated carbocycles. The first kappa shape index (κ1) is 24.4. The Morgan fingerprint density at radius 3 is 2.48 bits per heavy atom. The number of carbonyl (C=O) groups is 2. The summed E-state index contributed by atoms with van der Waals surface area (Å²) in [5, 5.41) is 10.6. The lowest BCUT2D eigenvalue weighted by molar-refractivity contribution is -0.387. The molecule has 0 bridgehead atoms. The Hall–Kier alpha value is -3.23. The zero-order chi connectivity index (χ0) is 24.7. The summed E-state index contributed by atoms with van der Waals surface area (Å²) in [5.41, 5.74) is -2.13. The molecule has 1 aromatic carbocycles. The monoisotopic (exact) mass is 519 g/mol. The standard InChI is InChI=1S/C17H15Cl2N5O8S/c1-9-6-22(17(28)20-16(9)27)7-13(25)21-2-3-23(14(26)8-21)33(31,32)15-11(19)4-10(18)5-12(15)24(29)30/h4-6H,2-3,7-8H2,1H3,(H,20,27,28). The van der Waals surface area contributed by atoms with Gasteiger partial charge in [-0.1, -0.05) is 23.2 Å². The SMILES string of the molecule is Cc1cn(CC(=O)N2CCN(S(=O)(=O)c3c(Cl)cc(Cl)cc3[N+](=O)[O-])C(=O)C2)c(=O)[nH]c1=O. The predicted octanol–water partition coefficient (Wildman–Crippen LogP) is 0.120. The van der Waals surface area contributed by atoms with Crippen molar-refractivity contribution in [3.8, 4) is 0 Å². The molecule has 1 saturated heterocycles. The van der Waals surface area contributed by atoms with Crippen molar-refractivity contribution in [3.05, 3.63) is 64.9 Å². The highest BCUT2D eigenvalue weighted by Crippen LogP contribution is 2.36. The highest BCUT2D eigenvalue weighted by molar-refractivity contribution is 7.90. The molecule has 2 aromatic rings. The van der Waals surface area contributed by atoms with E-state index < -0.39 is 73.2 Å². The first-order chi connectivity index (χ1) is 15.3. The predicted molar refractivity (Wildman–Crippen MR) is 115 cm³/mol. The number of rotatable bonds is 5. The molecule has 0 radical (unpaired) electrons. The molecule has 1 aromatic heterocycles. The van der Waals surface area contributed by atoms with Gasteiger partial charge in [-0.2, -0.15) is 0 Å². The maximum Gasteiger partial charge on any atom is 0.328 e. The topological polar surface area (TPSA) is 173 Å². The van der Waals surface area contributed by atoms with Crippen molar-refractivity contribution < 1.29 is 22.9 Å². The second kappa shape index (κ2) is 8.96. The van der Waals surface area contributed by atoms with E-state index in [1.54, 1.807) is 0 Å². The molecule has 13 nitrogen and oxygen atoms in total. The quantitative estimate of drug-likeness (QED) is 0.428. The minimum atomic E-state index is -4.74.